The molecule has 1 aromatic rings. The lowest BCUT2D eigenvalue weighted by molar-refractivity contribution is -0.123. The van der Waals surface area contributed by atoms with E-state index < -0.39 is 0 Å². The predicted octanol–water partition coefficient (Wildman–Crippen LogP) is 3.06. The van der Waals surface area contributed by atoms with E-state index in [1.165, 1.54) is 12.8 Å². The molecule has 3 heteroatoms. The Bertz CT molecular complexity index is 435. The molecule has 0 N–H and O–H groups in total. The van der Waals surface area contributed by atoms with E-state index in [1.54, 1.807) is 0 Å². The Labute approximate surface area is 110 Å². The zero-order chi connectivity index (χ0) is 13.3. The number of carbonyl (C=O) groups excluding carboxylic acids is 1. The molecule has 0 radical (unpaired) electrons. The van der Waals surface area contributed by atoms with Gasteiger partial charge in [-0.1, -0.05) is 13.8 Å². The van der Waals surface area contributed by atoms with Crippen LogP contribution in [0.25, 0.3) is 0 Å². The summed E-state index contributed by atoms with van der Waals surface area (Å²) in [4.78, 5) is 12.3. The van der Waals surface area contributed by atoms with Gasteiger partial charge in [0.2, 0.25) is 0 Å². The van der Waals surface area contributed by atoms with Crippen LogP contribution < -0.4 is 0 Å². The van der Waals surface area contributed by atoms with E-state index in [9.17, 15) is 4.79 Å². The van der Waals surface area contributed by atoms with E-state index in [0.29, 0.717) is 17.6 Å². The monoisotopic (exact) mass is 248 g/mol. The largest absolute Gasteiger partial charge is 0.299 e. The first-order valence-electron chi connectivity index (χ1n) is 6.90. The van der Waals surface area contributed by atoms with E-state index in [-0.39, 0.29) is 5.92 Å². The van der Waals surface area contributed by atoms with Crippen molar-refractivity contribution >= 4 is 5.78 Å². The molecule has 2 rings (SSSR count). The molecule has 0 atom stereocenters. The van der Waals surface area contributed by atoms with Gasteiger partial charge in [0.05, 0.1) is 5.69 Å². The van der Waals surface area contributed by atoms with Crippen LogP contribution in [0.4, 0.5) is 0 Å². The molecule has 1 heterocycles. The van der Waals surface area contributed by atoms with Crippen molar-refractivity contribution in [1.82, 2.24) is 9.78 Å². The molecule has 0 saturated heterocycles. The summed E-state index contributed by atoms with van der Waals surface area (Å²) in [5, 5.41) is 4.30. The number of nitrogens with zero attached hydrogens (tertiary/aromatic N) is 2. The highest BCUT2D eigenvalue weighted by Gasteiger charge is 2.30. The van der Waals surface area contributed by atoms with Gasteiger partial charge in [-0.05, 0) is 44.1 Å². The lowest BCUT2D eigenvalue weighted by atomic mass is 9.71. The number of aryl methyl sites for hydroxylation is 2. The third-order valence-electron chi connectivity index (χ3n) is 4.25. The van der Waals surface area contributed by atoms with Gasteiger partial charge in [-0.25, -0.2) is 0 Å². The number of hydrogen-bond donors (Lipinski definition) is 0. The molecule has 0 unspecified atom stereocenters. The van der Waals surface area contributed by atoms with Crippen molar-refractivity contribution in [3.8, 4) is 0 Å². The Balaban J connectivity index is 1.95. The number of aromatic nitrogens is 2. The van der Waals surface area contributed by atoms with Gasteiger partial charge in [0.25, 0.3) is 0 Å². The minimum Gasteiger partial charge on any atom is -0.299 e. The number of hydrogen-bond acceptors (Lipinski definition) is 2. The smallest absolute Gasteiger partial charge is 0.141 e. The average molecular weight is 248 g/mol. The second-order valence-corrected chi connectivity index (χ2v) is 6.48. The maximum atomic E-state index is 12.3. The molecule has 0 amide bonds. The number of ketones is 1. The molecular formula is C15H24N2O. The lowest BCUT2D eigenvalue weighted by Gasteiger charge is -2.33. The molecule has 1 aliphatic carbocycles. The summed E-state index contributed by atoms with van der Waals surface area (Å²) in [5.74, 6) is 0.668. The molecular weight excluding hydrogens is 224 g/mol. The van der Waals surface area contributed by atoms with Gasteiger partial charge in [0.15, 0.2) is 0 Å². The van der Waals surface area contributed by atoms with Crippen LogP contribution in [0.15, 0.2) is 6.07 Å². The average Bonchev–Trinajstić information content (AvgIpc) is 2.57. The standard InChI is InChI=1S/C15H24N2O/c1-11-9-13(17(4)16-11)10-14(18)12-5-7-15(2,3)8-6-12/h9,12H,5-8,10H2,1-4H3. The van der Waals surface area contributed by atoms with Gasteiger partial charge in [0.1, 0.15) is 5.78 Å². The Morgan fingerprint density at radius 1 is 1.44 bits per heavy atom. The molecule has 1 aliphatic rings. The molecule has 18 heavy (non-hydrogen) atoms. The van der Waals surface area contributed by atoms with Crippen LogP contribution in [-0.2, 0) is 18.3 Å². The molecule has 0 aromatic carbocycles. The Morgan fingerprint density at radius 2 is 2.06 bits per heavy atom. The molecule has 1 fully saturated rings. The normalized spacial score (nSPS) is 20.0. The third kappa shape index (κ3) is 3.01. The van der Waals surface area contributed by atoms with Crippen LogP contribution in [0, 0.1) is 18.3 Å². The molecule has 1 aromatic heterocycles. The second kappa shape index (κ2) is 4.87. The number of carbonyl (C=O) groups is 1. The highest BCUT2D eigenvalue weighted by Crippen LogP contribution is 2.38. The SMILES string of the molecule is Cc1cc(CC(=O)C2CCC(C)(C)CC2)n(C)n1. The van der Waals surface area contributed by atoms with E-state index >= 15 is 0 Å². The maximum Gasteiger partial charge on any atom is 0.141 e. The maximum absolute atomic E-state index is 12.3. The van der Waals surface area contributed by atoms with Crippen molar-refractivity contribution in [3.63, 3.8) is 0 Å². The van der Waals surface area contributed by atoms with E-state index in [1.807, 2.05) is 24.7 Å². The summed E-state index contributed by atoms with van der Waals surface area (Å²) in [6.07, 6.45) is 5.01. The number of rotatable bonds is 3. The van der Waals surface area contributed by atoms with Crippen molar-refractivity contribution in [1.29, 1.82) is 0 Å². The topological polar surface area (TPSA) is 34.9 Å². The number of Topliss-reactive ketones (excluding diaryl/α,β-unsaturated/α-hetero) is 1. The van der Waals surface area contributed by atoms with Gasteiger partial charge < -0.3 is 0 Å². The predicted molar refractivity (Wildman–Crippen MR) is 72.4 cm³/mol. The first kappa shape index (κ1) is 13.3. The molecule has 0 aliphatic heterocycles. The highest BCUT2D eigenvalue weighted by atomic mass is 16.1. The van der Waals surface area contributed by atoms with Crippen molar-refractivity contribution in [3.05, 3.63) is 17.5 Å². The zero-order valence-corrected chi connectivity index (χ0v) is 12.0. The molecule has 100 valence electrons. The summed E-state index contributed by atoms with van der Waals surface area (Å²) in [7, 11) is 1.92. The van der Waals surface area contributed by atoms with E-state index in [0.717, 1.165) is 24.2 Å². The fraction of sp³-hybridized carbons (Fsp3) is 0.733. The van der Waals surface area contributed by atoms with Crippen LogP contribution in [0.1, 0.15) is 50.9 Å². The summed E-state index contributed by atoms with van der Waals surface area (Å²) in [6.45, 7) is 6.58. The fourth-order valence-electron chi connectivity index (χ4n) is 2.87. The van der Waals surface area contributed by atoms with E-state index in [4.69, 9.17) is 0 Å². The van der Waals surface area contributed by atoms with Crippen molar-refractivity contribution in [2.45, 2.75) is 52.9 Å². The van der Waals surface area contributed by atoms with Gasteiger partial charge in [-0.15, -0.1) is 0 Å². The lowest BCUT2D eigenvalue weighted by Crippen LogP contribution is -2.27. The van der Waals surface area contributed by atoms with Crippen molar-refractivity contribution in [2.75, 3.05) is 0 Å². The minimum absolute atomic E-state index is 0.272. The summed E-state index contributed by atoms with van der Waals surface area (Å²) < 4.78 is 1.83. The van der Waals surface area contributed by atoms with Crippen LogP contribution in [0.5, 0.6) is 0 Å². The van der Waals surface area contributed by atoms with Gasteiger partial charge in [-0.3, -0.25) is 9.48 Å². The Hall–Kier alpha value is -1.12. The summed E-state index contributed by atoms with van der Waals surface area (Å²) in [5.41, 5.74) is 2.47. The molecule has 0 spiro atoms. The first-order chi connectivity index (χ1) is 8.37. The van der Waals surface area contributed by atoms with Crippen LogP contribution in [0.2, 0.25) is 0 Å². The quantitative estimate of drug-likeness (QED) is 0.824. The van der Waals surface area contributed by atoms with Crippen LogP contribution in [-0.4, -0.2) is 15.6 Å². The third-order valence-corrected chi connectivity index (χ3v) is 4.25. The highest BCUT2D eigenvalue weighted by molar-refractivity contribution is 5.83. The second-order valence-electron chi connectivity index (χ2n) is 6.48. The molecule has 3 nitrogen and oxygen atoms in total. The van der Waals surface area contributed by atoms with E-state index in [2.05, 4.69) is 18.9 Å². The van der Waals surface area contributed by atoms with Gasteiger partial charge in [-0.2, -0.15) is 5.10 Å². The Kier molecular flexibility index (Phi) is 3.60. The van der Waals surface area contributed by atoms with Crippen molar-refractivity contribution < 1.29 is 4.79 Å². The Morgan fingerprint density at radius 3 is 2.56 bits per heavy atom. The first-order valence-corrected chi connectivity index (χ1v) is 6.90. The fourth-order valence-corrected chi connectivity index (χ4v) is 2.87. The minimum atomic E-state index is 0.272. The van der Waals surface area contributed by atoms with Gasteiger partial charge >= 0.3 is 0 Å². The van der Waals surface area contributed by atoms with Crippen LogP contribution >= 0.6 is 0 Å². The van der Waals surface area contributed by atoms with Crippen molar-refractivity contribution in [2.24, 2.45) is 18.4 Å². The summed E-state index contributed by atoms with van der Waals surface area (Å²) in [6, 6.07) is 2.02. The molecule has 1 saturated carbocycles. The zero-order valence-electron chi connectivity index (χ0n) is 12.0. The van der Waals surface area contributed by atoms with Crippen LogP contribution in [0.3, 0.4) is 0 Å². The molecule has 0 bridgehead atoms. The summed E-state index contributed by atoms with van der Waals surface area (Å²) >= 11 is 0. The van der Waals surface area contributed by atoms with Gasteiger partial charge in [0, 0.05) is 25.1 Å².